The van der Waals surface area contributed by atoms with Gasteiger partial charge in [-0.15, -0.1) is 0 Å². The zero-order valence-electron chi connectivity index (χ0n) is 19.0. The van der Waals surface area contributed by atoms with E-state index in [1.54, 1.807) is 0 Å². The summed E-state index contributed by atoms with van der Waals surface area (Å²) in [7, 11) is 0. The van der Waals surface area contributed by atoms with Crippen molar-refractivity contribution in [3.63, 3.8) is 0 Å². The fourth-order valence-electron chi connectivity index (χ4n) is 3.99. The predicted octanol–water partition coefficient (Wildman–Crippen LogP) is 6.81. The number of rotatable bonds is 10. The Morgan fingerprint density at radius 2 is 1.18 bits per heavy atom. The third-order valence-electron chi connectivity index (χ3n) is 5.71. The van der Waals surface area contributed by atoms with Gasteiger partial charge in [-0.25, -0.2) is 0 Å². The third-order valence-corrected chi connectivity index (χ3v) is 6.21. The summed E-state index contributed by atoms with van der Waals surface area (Å²) < 4.78 is 6.86. The average molecular weight is 514 g/mol. The van der Waals surface area contributed by atoms with Gasteiger partial charge in [-0.1, -0.05) is 119 Å². The zero-order chi connectivity index (χ0) is 23.6. The topological polar surface area (TPSA) is 29.5 Å². The molecule has 4 aromatic carbocycles. The Balaban J connectivity index is 1.62. The monoisotopic (exact) mass is 513 g/mol. The van der Waals surface area contributed by atoms with E-state index in [-0.39, 0.29) is 12.6 Å². The number of nitrogens with zero attached hydrogens (tertiary/aromatic N) is 1. The fourth-order valence-corrected chi connectivity index (χ4v) is 4.43. The van der Waals surface area contributed by atoms with E-state index in [4.69, 9.17) is 4.74 Å². The molecular weight excluding hydrogens is 486 g/mol. The van der Waals surface area contributed by atoms with E-state index >= 15 is 0 Å². The van der Waals surface area contributed by atoms with E-state index in [2.05, 4.69) is 57.2 Å². The van der Waals surface area contributed by atoms with Crippen molar-refractivity contribution in [3.05, 3.63) is 142 Å². The maximum atomic E-state index is 13.6. The highest BCUT2D eigenvalue weighted by molar-refractivity contribution is 9.10. The molecule has 4 aromatic rings. The Morgan fingerprint density at radius 1 is 0.676 bits per heavy atom. The lowest BCUT2D eigenvalue weighted by Gasteiger charge is -2.31. The Hall–Kier alpha value is -3.21. The number of hydrogen-bond donors (Lipinski definition) is 0. The molecule has 0 spiro atoms. The van der Waals surface area contributed by atoms with Crippen LogP contribution in [0.15, 0.2) is 120 Å². The summed E-state index contributed by atoms with van der Waals surface area (Å²) >= 11 is 3.57. The third kappa shape index (κ3) is 7.14. The van der Waals surface area contributed by atoms with Gasteiger partial charge in [0.2, 0.25) is 0 Å². The standard InChI is InChI=1S/C30H28BrNO2/c31-28-18-10-17-27(19-28)20-29(30(33)34-23-26-15-8-3-9-16-26)32(21-24-11-4-1-5-12-24)22-25-13-6-2-7-14-25/h1-19,29H,20-23H2. The van der Waals surface area contributed by atoms with Crippen LogP contribution in [0.5, 0.6) is 0 Å². The van der Waals surface area contributed by atoms with Crippen molar-refractivity contribution in [2.45, 2.75) is 32.2 Å². The molecule has 0 aliphatic carbocycles. The zero-order valence-corrected chi connectivity index (χ0v) is 20.6. The molecule has 0 N–H and O–H groups in total. The van der Waals surface area contributed by atoms with E-state index in [9.17, 15) is 4.79 Å². The van der Waals surface area contributed by atoms with Gasteiger partial charge in [0.15, 0.2) is 0 Å². The molecule has 1 atom stereocenters. The van der Waals surface area contributed by atoms with Crippen molar-refractivity contribution in [2.75, 3.05) is 0 Å². The van der Waals surface area contributed by atoms with E-state index in [0.29, 0.717) is 19.5 Å². The highest BCUT2D eigenvalue weighted by Crippen LogP contribution is 2.21. The molecule has 0 radical (unpaired) electrons. The molecule has 0 saturated heterocycles. The summed E-state index contributed by atoms with van der Waals surface area (Å²) in [5.41, 5.74) is 4.39. The van der Waals surface area contributed by atoms with Crippen LogP contribution in [0.1, 0.15) is 22.3 Å². The first kappa shape index (κ1) is 23.9. The minimum atomic E-state index is -0.432. The fraction of sp³-hybridized carbons (Fsp3) is 0.167. The minimum absolute atomic E-state index is 0.212. The highest BCUT2D eigenvalue weighted by atomic mass is 79.9. The molecular formula is C30H28BrNO2. The summed E-state index contributed by atoms with van der Waals surface area (Å²) in [6, 6.07) is 38.1. The Bertz CT molecular complexity index is 1120. The molecule has 0 aliphatic rings. The first-order valence-electron chi connectivity index (χ1n) is 11.4. The van der Waals surface area contributed by atoms with Crippen LogP contribution in [0.25, 0.3) is 0 Å². The lowest BCUT2D eigenvalue weighted by Crippen LogP contribution is -2.43. The smallest absolute Gasteiger partial charge is 0.324 e. The second kappa shape index (κ2) is 12.3. The summed E-state index contributed by atoms with van der Waals surface area (Å²) in [4.78, 5) is 15.8. The molecule has 3 nitrogen and oxygen atoms in total. The van der Waals surface area contributed by atoms with E-state index < -0.39 is 6.04 Å². The molecule has 0 heterocycles. The van der Waals surface area contributed by atoms with Crippen LogP contribution in [-0.2, 0) is 35.6 Å². The van der Waals surface area contributed by atoms with Crippen molar-refractivity contribution in [1.82, 2.24) is 4.90 Å². The first-order valence-corrected chi connectivity index (χ1v) is 12.2. The molecule has 172 valence electrons. The minimum Gasteiger partial charge on any atom is -0.460 e. The van der Waals surface area contributed by atoms with E-state index in [1.807, 2.05) is 78.9 Å². The predicted molar refractivity (Wildman–Crippen MR) is 140 cm³/mol. The van der Waals surface area contributed by atoms with Crippen LogP contribution in [0.3, 0.4) is 0 Å². The molecule has 34 heavy (non-hydrogen) atoms. The Labute approximate surface area is 210 Å². The molecule has 1 unspecified atom stereocenters. The number of ether oxygens (including phenoxy) is 1. The molecule has 0 saturated carbocycles. The molecule has 0 fully saturated rings. The maximum absolute atomic E-state index is 13.6. The van der Waals surface area contributed by atoms with Crippen molar-refractivity contribution >= 4 is 21.9 Å². The number of hydrogen-bond acceptors (Lipinski definition) is 3. The SMILES string of the molecule is O=C(OCc1ccccc1)C(Cc1cccc(Br)c1)N(Cc1ccccc1)Cc1ccccc1. The lowest BCUT2D eigenvalue weighted by molar-refractivity contribution is -0.152. The maximum Gasteiger partial charge on any atom is 0.324 e. The van der Waals surface area contributed by atoms with Crippen LogP contribution in [0.4, 0.5) is 0 Å². The van der Waals surface area contributed by atoms with Crippen molar-refractivity contribution in [3.8, 4) is 0 Å². The molecule has 0 aromatic heterocycles. The summed E-state index contributed by atoms with van der Waals surface area (Å²) in [5.74, 6) is -0.212. The van der Waals surface area contributed by atoms with Crippen molar-refractivity contribution in [1.29, 1.82) is 0 Å². The Morgan fingerprint density at radius 3 is 1.71 bits per heavy atom. The van der Waals surface area contributed by atoms with Gasteiger partial charge in [0.05, 0.1) is 0 Å². The van der Waals surface area contributed by atoms with E-state index in [1.165, 1.54) is 0 Å². The van der Waals surface area contributed by atoms with Crippen LogP contribution in [0, 0.1) is 0 Å². The molecule has 4 rings (SSSR count). The lowest BCUT2D eigenvalue weighted by atomic mass is 10.0. The van der Waals surface area contributed by atoms with Crippen molar-refractivity contribution < 1.29 is 9.53 Å². The number of carbonyl (C=O) groups excluding carboxylic acids is 1. The second-order valence-electron chi connectivity index (χ2n) is 8.32. The number of esters is 1. The van der Waals surface area contributed by atoms with Crippen LogP contribution in [0.2, 0.25) is 0 Å². The van der Waals surface area contributed by atoms with Gasteiger partial charge in [-0.2, -0.15) is 0 Å². The van der Waals surface area contributed by atoms with Gasteiger partial charge >= 0.3 is 5.97 Å². The number of benzene rings is 4. The highest BCUT2D eigenvalue weighted by Gasteiger charge is 2.28. The van der Waals surface area contributed by atoms with Gasteiger partial charge in [0.1, 0.15) is 12.6 Å². The van der Waals surface area contributed by atoms with Crippen LogP contribution < -0.4 is 0 Å². The average Bonchev–Trinajstić information content (AvgIpc) is 2.87. The van der Waals surface area contributed by atoms with E-state index in [0.717, 1.165) is 26.7 Å². The number of halogens is 1. The van der Waals surface area contributed by atoms with Crippen LogP contribution in [-0.4, -0.2) is 16.9 Å². The summed E-state index contributed by atoms with van der Waals surface area (Å²) in [6.45, 7) is 1.56. The molecule has 0 aliphatic heterocycles. The summed E-state index contributed by atoms with van der Waals surface area (Å²) in [5, 5.41) is 0. The van der Waals surface area contributed by atoms with Gasteiger partial charge < -0.3 is 4.74 Å². The van der Waals surface area contributed by atoms with Gasteiger partial charge in [0, 0.05) is 17.6 Å². The molecule has 0 bridgehead atoms. The Kier molecular flexibility index (Phi) is 8.66. The van der Waals surface area contributed by atoms with Crippen LogP contribution >= 0.6 is 15.9 Å². The van der Waals surface area contributed by atoms with Gasteiger partial charge in [-0.05, 0) is 40.8 Å². The molecule has 0 amide bonds. The van der Waals surface area contributed by atoms with Crippen molar-refractivity contribution in [2.24, 2.45) is 0 Å². The second-order valence-corrected chi connectivity index (χ2v) is 9.24. The summed E-state index contributed by atoms with van der Waals surface area (Å²) in [6.07, 6.45) is 0.562. The first-order chi connectivity index (χ1) is 16.7. The largest absolute Gasteiger partial charge is 0.460 e. The number of carbonyl (C=O) groups is 1. The van der Waals surface area contributed by atoms with Gasteiger partial charge in [0.25, 0.3) is 0 Å². The normalized spacial score (nSPS) is 11.8. The molecule has 4 heteroatoms. The quantitative estimate of drug-likeness (QED) is 0.218. The van der Waals surface area contributed by atoms with Gasteiger partial charge in [-0.3, -0.25) is 9.69 Å².